The zero-order valence-corrected chi connectivity index (χ0v) is 21.0. The van der Waals surface area contributed by atoms with Crippen molar-refractivity contribution in [2.45, 2.75) is 13.8 Å². The van der Waals surface area contributed by atoms with Crippen LogP contribution in [0.5, 0.6) is 0 Å². The van der Waals surface area contributed by atoms with Crippen molar-refractivity contribution in [1.29, 1.82) is 0 Å². The van der Waals surface area contributed by atoms with Crippen LogP contribution in [0.1, 0.15) is 53.0 Å². The molecule has 2 heterocycles. The van der Waals surface area contributed by atoms with Crippen molar-refractivity contribution in [1.82, 2.24) is 14.8 Å². The van der Waals surface area contributed by atoms with Crippen molar-refractivity contribution >= 4 is 34.5 Å². The molecule has 11 heteroatoms. The Hall–Kier alpha value is -5.06. The number of Topliss-reactive ketones (excluding diaryl/α,β-unsaturated/α-hetero) is 1. The standard InChI is InChI=1S/C27H23N3O8/c1-14-9-21(15(2)30(14)18-11-16(25(33)36-3)10-17(12-18)26(34)37-4)22(31)13-38-27(35)23-19-7-5-6-8-20(19)24(32)29-28-23/h5-12H,13H2,1-4H3,(H,29,32). The minimum Gasteiger partial charge on any atom is -0.465 e. The molecule has 194 valence electrons. The number of hydrogen-bond donors (Lipinski definition) is 1. The summed E-state index contributed by atoms with van der Waals surface area (Å²) in [7, 11) is 2.45. The van der Waals surface area contributed by atoms with Crippen LogP contribution in [0.3, 0.4) is 0 Å². The Kier molecular flexibility index (Phi) is 7.19. The van der Waals surface area contributed by atoms with E-state index in [0.717, 1.165) is 0 Å². The van der Waals surface area contributed by atoms with E-state index < -0.39 is 35.9 Å². The molecule has 0 radical (unpaired) electrons. The topological polar surface area (TPSA) is 147 Å². The quantitative estimate of drug-likeness (QED) is 0.222. The van der Waals surface area contributed by atoms with Crippen molar-refractivity contribution < 1.29 is 33.4 Å². The van der Waals surface area contributed by atoms with Gasteiger partial charge >= 0.3 is 17.9 Å². The summed E-state index contributed by atoms with van der Waals surface area (Å²) in [6, 6.07) is 12.4. The Morgan fingerprint density at radius 3 is 2.08 bits per heavy atom. The van der Waals surface area contributed by atoms with Gasteiger partial charge in [0, 0.05) is 28.0 Å². The number of methoxy groups -OCH3 is 2. The SMILES string of the molecule is COC(=O)c1cc(C(=O)OC)cc(-n2c(C)cc(C(=O)COC(=O)c3n[nH]c(=O)c4ccccc34)c2C)c1. The van der Waals surface area contributed by atoms with Gasteiger partial charge in [-0.2, -0.15) is 5.10 Å². The second kappa shape index (κ2) is 10.5. The molecule has 0 unspecified atom stereocenters. The van der Waals surface area contributed by atoms with Crippen LogP contribution in [-0.2, 0) is 14.2 Å². The molecule has 1 N–H and O–H groups in total. The third-order valence-electron chi connectivity index (χ3n) is 5.97. The molecule has 0 bridgehead atoms. The first-order chi connectivity index (χ1) is 18.2. The predicted octanol–water partition coefficient (Wildman–Crippen LogP) is 2.94. The van der Waals surface area contributed by atoms with Crippen molar-refractivity contribution in [3.05, 3.63) is 92.7 Å². The Bertz CT molecular complexity index is 1630. The lowest BCUT2D eigenvalue weighted by Crippen LogP contribution is -2.19. The number of aromatic amines is 1. The predicted molar refractivity (Wildman–Crippen MR) is 135 cm³/mol. The smallest absolute Gasteiger partial charge is 0.359 e. The summed E-state index contributed by atoms with van der Waals surface area (Å²) in [4.78, 5) is 62.1. The van der Waals surface area contributed by atoms with E-state index in [1.54, 1.807) is 48.7 Å². The minimum atomic E-state index is -0.867. The number of ether oxygens (including phenoxy) is 3. The Morgan fingerprint density at radius 2 is 1.47 bits per heavy atom. The van der Waals surface area contributed by atoms with Gasteiger partial charge in [-0.15, -0.1) is 0 Å². The number of ketones is 1. The van der Waals surface area contributed by atoms with Gasteiger partial charge in [-0.25, -0.2) is 19.5 Å². The van der Waals surface area contributed by atoms with Crippen LogP contribution in [0.2, 0.25) is 0 Å². The number of fused-ring (bicyclic) bond motifs is 1. The van der Waals surface area contributed by atoms with Crippen molar-refractivity contribution in [2.75, 3.05) is 20.8 Å². The van der Waals surface area contributed by atoms with Gasteiger partial charge in [-0.3, -0.25) is 9.59 Å². The third kappa shape index (κ3) is 4.81. The lowest BCUT2D eigenvalue weighted by molar-refractivity contribution is 0.0469. The summed E-state index contributed by atoms with van der Waals surface area (Å²) in [5.74, 6) is -2.64. The summed E-state index contributed by atoms with van der Waals surface area (Å²) in [5.41, 5.74) is 1.51. The third-order valence-corrected chi connectivity index (χ3v) is 5.97. The molecule has 0 atom stereocenters. The van der Waals surface area contributed by atoms with E-state index in [1.165, 1.54) is 32.4 Å². The van der Waals surface area contributed by atoms with Crippen LogP contribution in [0, 0.1) is 13.8 Å². The lowest BCUT2D eigenvalue weighted by atomic mass is 10.1. The molecule has 0 amide bonds. The Morgan fingerprint density at radius 1 is 0.868 bits per heavy atom. The molecule has 2 aromatic carbocycles. The number of nitrogens with zero attached hydrogens (tertiary/aromatic N) is 2. The van der Waals surface area contributed by atoms with E-state index in [0.29, 0.717) is 22.5 Å². The average Bonchev–Trinajstić information content (AvgIpc) is 3.24. The molecule has 0 fully saturated rings. The van der Waals surface area contributed by atoms with Crippen molar-refractivity contribution in [3.63, 3.8) is 0 Å². The van der Waals surface area contributed by atoms with E-state index >= 15 is 0 Å². The van der Waals surface area contributed by atoms with E-state index in [1.807, 2.05) is 0 Å². The molecule has 11 nitrogen and oxygen atoms in total. The monoisotopic (exact) mass is 517 g/mol. The fraction of sp³-hybridized carbons (Fsp3) is 0.185. The zero-order valence-electron chi connectivity index (χ0n) is 21.0. The van der Waals surface area contributed by atoms with Crippen LogP contribution < -0.4 is 5.56 Å². The van der Waals surface area contributed by atoms with Crippen LogP contribution >= 0.6 is 0 Å². The van der Waals surface area contributed by atoms with E-state index in [9.17, 15) is 24.0 Å². The normalized spacial score (nSPS) is 10.7. The summed E-state index contributed by atoms with van der Waals surface area (Å²) in [6.45, 7) is 2.85. The number of aromatic nitrogens is 3. The van der Waals surface area contributed by atoms with Crippen LogP contribution in [0.4, 0.5) is 0 Å². The van der Waals surface area contributed by atoms with Gasteiger partial charge in [-0.1, -0.05) is 18.2 Å². The van der Waals surface area contributed by atoms with Gasteiger partial charge < -0.3 is 18.8 Å². The number of aryl methyl sites for hydroxylation is 1. The van der Waals surface area contributed by atoms with E-state index in [2.05, 4.69) is 10.2 Å². The molecule has 2 aromatic heterocycles. The molecule has 0 aliphatic carbocycles. The molecular formula is C27H23N3O8. The number of rotatable bonds is 7. The molecule has 0 aliphatic rings. The second-order valence-corrected chi connectivity index (χ2v) is 8.32. The number of carbonyl (C=O) groups excluding carboxylic acids is 4. The number of carbonyl (C=O) groups is 4. The fourth-order valence-electron chi connectivity index (χ4n) is 4.20. The first kappa shape index (κ1) is 26.0. The van der Waals surface area contributed by atoms with Gasteiger partial charge in [0.05, 0.1) is 30.7 Å². The Balaban J connectivity index is 1.63. The highest BCUT2D eigenvalue weighted by atomic mass is 16.5. The first-order valence-electron chi connectivity index (χ1n) is 11.3. The molecule has 0 saturated heterocycles. The highest BCUT2D eigenvalue weighted by Gasteiger charge is 2.22. The van der Waals surface area contributed by atoms with Crippen LogP contribution in [-0.4, -0.2) is 59.3 Å². The minimum absolute atomic E-state index is 0.117. The van der Waals surface area contributed by atoms with Crippen LogP contribution in [0.25, 0.3) is 16.5 Å². The summed E-state index contributed by atoms with van der Waals surface area (Å²) >= 11 is 0. The fourth-order valence-corrected chi connectivity index (χ4v) is 4.20. The van der Waals surface area contributed by atoms with E-state index in [4.69, 9.17) is 14.2 Å². The van der Waals surface area contributed by atoms with Gasteiger partial charge in [0.1, 0.15) is 0 Å². The molecular weight excluding hydrogens is 494 g/mol. The number of nitrogens with one attached hydrogen (secondary N) is 1. The van der Waals surface area contributed by atoms with E-state index in [-0.39, 0.29) is 27.8 Å². The summed E-state index contributed by atoms with van der Waals surface area (Å²) in [6.07, 6.45) is 0. The maximum atomic E-state index is 13.0. The number of H-pyrrole nitrogens is 1. The summed E-state index contributed by atoms with van der Waals surface area (Å²) < 4.78 is 16.5. The zero-order chi connectivity index (χ0) is 27.6. The van der Waals surface area contributed by atoms with Gasteiger partial charge in [-0.05, 0) is 44.2 Å². The largest absolute Gasteiger partial charge is 0.465 e. The second-order valence-electron chi connectivity index (χ2n) is 8.32. The Labute approximate surface area is 215 Å². The lowest BCUT2D eigenvalue weighted by Gasteiger charge is -2.13. The maximum absolute atomic E-state index is 13.0. The van der Waals surface area contributed by atoms with Gasteiger partial charge in [0.25, 0.3) is 5.56 Å². The number of benzene rings is 2. The molecule has 38 heavy (non-hydrogen) atoms. The molecule has 0 saturated carbocycles. The van der Waals surface area contributed by atoms with Crippen molar-refractivity contribution in [2.24, 2.45) is 0 Å². The van der Waals surface area contributed by atoms with Crippen molar-refractivity contribution in [3.8, 4) is 5.69 Å². The van der Waals surface area contributed by atoms with Gasteiger partial charge in [0.2, 0.25) is 5.78 Å². The van der Waals surface area contributed by atoms with Gasteiger partial charge in [0.15, 0.2) is 12.3 Å². The maximum Gasteiger partial charge on any atom is 0.359 e. The molecule has 0 spiro atoms. The average molecular weight is 517 g/mol. The number of hydrogen-bond acceptors (Lipinski definition) is 9. The molecule has 4 aromatic rings. The highest BCUT2D eigenvalue weighted by Crippen LogP contribution is 2.24. The van der Waals surface area contributed by atoms with Crippen LogP contribution in [0.15, 0.2) is 53.3 Å². The first-order valence-corrected chi connectivity index (χ1v) is 11.3. The summed E-state index contributed by atoms with van der Waals surface area (Å²) in [5, 5.41) is 6.62. The molecule has 4 rings (SSSR count). The highest BCUT2D eigenvalue weighted by molar-refractivity contribution is 6.04. The number of esters is 3. The molecule has 0 aliphatic heterocycles.